The van der Waals surface area contributed by atoms with Crippen molar-refractivity contribution in [1.82, 2.24) is 4.98 Å². The highest BCUT2D eigenvalue weighted by Crippen LogP contribution is 2.33. The summed E-state index contributed by atoms with van der Waals surface area (Å²) in [7, 11) is 0. The van der Waals surface area contributed by atoms with Gasteiger partial charge in [-0.1, -0.05) is 81.4 Å². The minimum atomic E-state index is 0.122. The van der Waals surface area contributed by atoms with Crippen LogP contribution in [0.2, 0.25) is 0 Å². The van der Waals surface area contributed by atoms with E-state index in [2.05, 4.69) is 63.2 Å². The van der Waals surface area contributed by atoms with Crippen molar-refractivity contribution < 1.29 is 4.74 Å². The van der Waals surface area contributed by atoms with Crippen molar-refractivity contribution in [2.24, 2.45) is 0 Å². The first-order valence-electron chi connectivity index (χ1n) is 9.24. The number of benzene rings is 3. The van der Waals surface area contributed by atoms with Gasteiger partial charge in [0.2, 0.25) is 5.88 Å². The summed E-state index contributed by atoms with van der Waals surface area (Å²) in [6.07, 6.45) is 0. The SMILES string of the molecule is CC(C)(C)c1ccc(Oc2nc(-c3ccccc3)cc3ccccc23)cc1. The Hall–Kier alpha value is -3.13. The van der Waals surface area contributed by atoms with Gasteiger partial charge in [0.25, 0.3) is 0 Å². The smallest absolute Gasteiger partial charge is 0.227 e. The van der Waals surface area contributed by atoms with Gasteiger partial charge in [0.05, 0.1) is 5.69 Å². The normalized spacial score (nSPS) is 11.5. The summed E-state index contributed by atoms with van der Waals surface area (Å²) in [5.74, 6) is 1.43. The molecule has 4 rings (SSSR count). The molecule has 0 aliphatic carbocycles. The zero-order valence-corrected chi connectivity index (χ0v) is 15.9. The lowest BCUT2D eigenvalue weighted by molar-refractivity contribution is 0.469. The van der Waals surface area contributed by atoms with E-state index in [1.807, 2.05) is 42.5 Å². The van der Waals surface area contributed by atoms with Crippen LogP contribution >= 0.6 is 0 Å². The van der Waals surface area contributed by atoms with Crippen molar-refractivity contribution in [3.05, 3.63) is 90.5 Å². The average molecular weight is 353 g/mol. The lowest BCUT2D eigenvalue weighted by atomic mass is 9.87. The Kier molecular flexibility index (Phi) is 4.41. The van der Waals surface area contributed by atoms with Crippen LogP contribution in [0, 0.1) is 0 Å². The van der Waals surface area contributed by atoms with E-state index in [9.17, 15) is 0 Å². The first-order chi connectivity index (χ1) is 13.0. The summed E-state index contributed by atoms with van der Waals surface area (Å²) < 4.78 is 6.21. The second-order valence-corrected chi connectivity index (χ2v) is 7.78. The van der Waals surface area contributed by atoms with E-state index >= 15 is 0 Å². The van der Waals surface area contributed by atoms with Crippen LogP contribution in [0.25, 0.3) is 22.0 Å². The molecule has 0 N–H and O–H groups in total. The summed E-state index contributed by atoms with van der Waals surface area (Å²) >= 11 is 0. The van der Waals surface area contributed by atoms with Gasteiger partial charge in [-0.25, -0.2) is 4.98 Å². The molecule has 0 radical (unpaired) electrons. The van der Waals surface area contributed by atoms with Gasteiger partial charge in [0, 0.05) is 10.9 Å². The fourth-order valence-electron chi connectivity index (χ4n) is 3.14. The third kappa shape index (κ3) is 3.70. The van der Waals surface area contributed by atoms with Crippen LogP contribution in [-0.4, -0.2) is 4.98 Å². The molecule has 0 unspecified atom stereocenters. The number of hydrogen-bond acceptors (Lipinski definition) is 2. The van der Waals surface area contributed by atoms with E-state index < -0.39 is 0 Å². The number of ether oxygens (including phenoxy) is 1. The standard InChI is InChI=1S/C25H23NO/c1-25(2,3)20-13-15-21(16-14-20)27-24-22-12-8-7-11-19(22)17-23(26-24)18-9-5-4-6-10-18/h4-17H,1-3H3. The second-order valence-electron chi connectivity index (χ2n) is 7.78. The maximum atomic E-state index is 6.21. The van der Waals surface area contributed by atoms with E-state index in [0.717, 1.165) is 27.8 Å². The van der Waals surface area contributed by atoms with Crippen molar-refractivity contribution >= 4 is 10.8 Å². The van der Waals surface area contributed by atoms with Crippen molar-refractivity contribution in [2.75, 3.05) is 0 Å². The van der Waals surface area contributed by atoms with E-state index in [-0.39, 0.29) is 5.41 Å². The fourth-order valence-corrected chi connectivity index (χ4v) is 3.14. The van der Waals surface area contributed by atoms with Crippen LogP contribution in [0.15, 0.2) is 84.9 Å². The van der Waals surface area contributed by atoms with Gasteiger partial charge in [-0.15, -0.1) is 0 Å². The Balaban J connectivity index is 1.76. The van der Waals surface area contributed by atoms with E-state index in [1.165, 1.54) is 5.56 Å². The minimum absolute atomic E-state index is 0.122. The summed E-state index contributed by atoms with van der Waals surface area (Å²) in [6.45, 7) is 6.63. The highest BCUT2D eigenvalue weighted by Gasteiger charge is 2.14. The third-order valence-electron chi connectivity index (χ3n) is 4.71. The van der Waals surface area contributed by atoms with E-state index in [4.69, 9.17) is 9.72 Å². The molecule has 0 saturated carbocycles. The Morgan fingerprint density at radius 1 is 0.741 bits per heavy atom. The largest absolute Gasteiger partial charge is 0.438 e. The van der Waals surface area contributed by atoms with Crippen LogP contribution in [-0.2, 0) is 5.41 Å². The maximum absolute atomic E-state index is 6.21. The molecule has 3 aromatic carbocycles. The highest BCUT2D eigenvalue weighted by atomic mass is 16.5. The van der Waals surface area contributed by atoms with Crippen molar-refractivity contribution in [1.29, 1.82) is 0 Å². The van der Waals surface area contributed by atoms with Crippen molar-refractivity contribution in [3.63, 3.8) is 0 Å². The molecule has 27 heavy (non-hydrogen) atoms. The minimum Gasteiger partial charge on any atom is -0.438 e. The molecule has 0 bridgehead atoms. The van der Waals surface area contributed by atoms with E-state index in [0.29, 0.717) is 5.88 Å². The first kappa shape index (κ1) is 17.3. The topological polar surface area (TPSA) is 22.1 Å². The van der Waals surface area contributed by atoms with Crippen LogP contribution in [0.1, 0.15) is 26.3 Å². The Labute approximate surface area is 160 Å². The highest BCUT2D eigenvalue weighted by molar-refractivity contribution is 5.90. The molecule has 0 amide bonds. The van der Waals surface area contributed by atoms with Gasteiger partial charge in [-0.3, -0.25) is 0 Å². The number of fused-ring (bicyclic) bond motifs is 1. The van der Waals surface area contributed by atoms with Crippen LogP contribution < -0.4 is 4.74 Å². The molecule has 2 heteroatoms. The number of nitrogens with zero attached hydrogens (tertiary/aromatic N) is 1. The molecule has 1 aromatic heterocycles. The Morgan fingerprint density at radius 3 is 2.11 bits per heavy atom. The molecule has 0 fully saturated rings. The molecule has 0 spiro atoms. The van der Waals surface area contributed by atoms with Gasteiger partial charge < -0.3 is 4.74 Å². The zero-order chi connectivity index (χ0) is 18.9. The number of rotatable bonds is 3. The summed E-state index contributed by atoms with van der Waals surface area (Å²) in [6, 6.07) is 28.8. The second kappa shape index (κ2) is 6.88. The molecule has 2 nitrogen and oxygen atoms in total. The summed E-state index contributed by atoms with van der Waals surface area (Å²) in [4.78, 5) is 4.82. The molecule has 134 valence electrons. The number of aromatic nitrogens is 1. The Bertz CT molecular complexity index is 1060. The fraction of sp³-hybridized carbons (Fsp3) is 0.160. The zero-order valence-electron chi connectivity index (χ0n) is 15.9. The summed E-state index contributed by atoms with van der Waals surface area (Å²) in [5, 5.41) is 2.13. The van der Waals surface area contributed by atoms with Gasteiger partial charge in [-0.2, -0.15) is 0 Å². The van der Waals surface area contributed by atoms with Gasteiger partial charge >= 0.3 is 0 Å². The molecular formula is C25H23NO. The van der Waals surface area contributed by atoms with Crippen molar-refractivity contribution in [3.8, 4) is 22.9 Å². The average Bonchev–Trinajstić information content (AvgIpc) is 2.68. The maximum Gasteiger partial charge on any atom is 0.227 e. The predicted molar refractivity (Wildman–Crippen MR) is 112 cm³/mol. The monoisotopic (exact) mass is 353 g/mol. The number of hydrogen-bond donors (Lipinski definition) is 0. The van der Waals surface area contributed by atoms with Gasteiger partial charge in [-0.05, 0) is 40.6 Å². The molecule has 0 aliphatic rings. The molecular weight excluding hydrogens is 330 g/mol. The van der Waals surface area contributed by atoms with Gasteiger partial charge in [0.15, 0.2) is 0 Å². The summed E-state index contributed by atoms with van der Waals surface area (Å²) in [5.41, 5.74) is 3.40. The molecule has 1 heterocycles. The Morgan fingerprint density at radius 2 is 1.41 bits per heavy atom. The predicted octanol–water partition coefficient (Wildman–Crippen LogP) is 6.99. The molecule has 0 saturated heterocycles. The van der Waals surface area contributed by atoms with E-state index in [1.54, 1.807) is 0 Å². The molecule has 4 aromatic rings. The van der Waals surface area contributed by atoms with Gasteiger partial charge in [0.1, 0.15) is 5.75 Å². The van der Waals surface area contributed by atoms with Crippen LogP contribution in [0.3, 0.4) is 0 Å². The van der Waals surface area contributed by atoms with Crippen LogP contribution in [0.5, 0.6) is 11.6 Å². The lowest BCUT2D eigenvalue weighted by Gasteiger charge is -2.19. The quantitative estimate of drug-likeness (QED) is 0.396. The first-order valence-corrected chi connectivity index (χ1v) is 9.24. The number of pyridine rings is 1. The third-order valence-corrected chi connectivity index (χ3v) is 4.71. The van der Waals surface area contributed by atoms with Crippen LogP contribution in [0.4, 0.5) is 0 Å². The lowest BCUT2D eigenvalue weighted by Crippen LogP contribution is -2.10. The molecule has 0 atom stereocenters. The van der Waals surface area contributed by atoms with Crippen molar-refractivity contribution in [2.45, 2.75) is 26.2 Å². The molecule has 0 aliphatic heterocycles.